The highest BCUT2D eigenvalue weighted by Crippen LogP contribution is 2.31. The first-order chi connectivity index (χ1) is 13.6. The fraction of sp³-hybridized carbons (Fsp3) is 0.182. The third-order valence-electron chi connectivity index (χ3n) is 4.34. The fourth-order valence-corrected chi connectivity index (χ4v) is 3.20. The van der Waals surface area contributed by atoms with E-state index in [0.717, 1.165) is 0 Å². The van der Waals surface area contributed by atoms with Crippen molar-refractivity contribution in [1.29, 1.82) is 0 Å². The maximum Gasteiger partial charge on any atom is 0.344 e. The molecule has 142 valence electrons. The van der Waals surface area contributed by atoms with Crippen LogP contribution in [0.5, 0.6) is 11.5 Å². The van der Waals surface area contributed by atoms with Crippen molar-refractivity contribution in [3.05, 3.63) is 69.4 Å². The first-order valence-corrected chi connectivity index (χ1v) is 9.01. The number of hydrogen-bond donors (Lipinski definition) is 0. The molecule has 0 radical (unpaired) electrons. The van der Waals surface area contributed by atoms with Gasteiger partial charge < -0.3 is 18.3 Å². The summed E-state index contributed by atoms with van der Waals surface area (Å²) in [6.45, 7) is 4.67. The minimum Gasteiger partial charge on any atom is -0.494 e. The quantitative estimate of drug-likeness (QED) is 0.480. The number of hydrogen-bond acceptors (Lipinski definition) is 6. The third kappa shape index (κ3) is 3.13. The lowest BCUT2D eigenvalue weighted by Gasteiger charge is -2.09. The molecule has 0 unspecified atom stereocenters. The Morgan fingerprint density at radius 2 is 1.68 bits per heavy atom. The lowest BCUT2D eigenvalue weighted by atomic mass is 10.0. The largest absolute Gasteiger partial charge is 0.494 e. The molecule has 0 N–H and O–H groups in total. The first-order valence-electron chi connectivity index (χ1n) is 9.01. The van der Waals surface area contributed by atoms with E-state index in [9.17, 15) is 9.59 Å². The Hall–Kier alpha value is -3.54. The van der Waals surface area contributed by atoms with Crippen LogP contribution < -0.4 is 20.7 Å². The fourth-order valence-electron chi connectivity index (χ4n) is 3.20. The normalized spacial score (nSPS) is 11.1. The Bertz CT molecular complexity index is 1280. The Labute approximate surface area is 159 Å². The van der Waals surface area contributed by atoms with E-state index in [1.807, 2.05) is 26.0 Å². The van der Waals surface area contributed by atoms with Gasteiger partial charge in [0.15, 0.2) is 11.3 Å². The lowest BCUT2D eigenvalue weighted by molar-refractivity contribution is 0.337. The SMILES string of the molecule is CCOc1ccc2c(-c3cc4cccc(OCC)c4oc3=O)cc(=O)oc2c1. The highest BCUT2D eigenvalue weighted by Gasteiger charge is 2.15. The van der Waals surface area contributed by atoms with E-state index in [1.54, 1.807) is 30.3 Å². The van der Waals surface area contributed by atoms with Crippen LogP contribution in [0.4, 0.5) is 0 Å². The van der Waals surface area contributed by atoms with E-state index in [0.29, 0.717) is 52.2 Å². The molecule has 6 nitrogen and oxygen atoms in total. The van der Waals surface area contributed by atoms with Crippen LogP contribution in [0.3, 0.4) is 0 Å². The molecule has 28 heavy (non-hydrogen) atoms. The standard InChI is InChI=1S/C22H18O6/c1-3-25-14-8-9-15-16(12-20(23)27-19(15)11-14)17-10-13-6-5-7-18(26-4-2)21(13)28-22(17)24/h5-12H,3-4H2,1-2H3. The Balaban J connectivity index is 1.97. The van der Waals surface area contributed by atoms with Crippen molar-refractivity contribution in [2.75, 3.05) is 13.2 Å². The van der Waals surface area contributed by atoms with Gasteiger partial charge in [-0.15, -0.1) is 0 Å². The summed E-state index contributed by atoms with van der Waals surface area (Å²) in [7, 11) is 0. The second-order valence-corrected chi connectivity index (χ2v) is 6.13. The van der Waals surface area contributed by atoms with Crippen LogP contribution in [-0.4, -0.2) is 13.2 Å². The molecule has 0 aliphatic rings. The molecule has 0 aliphatic carbocycles. The monoisotopic (exact) mass is 378 g/mol. The topological polar surface area (TPSA) is 78.9 Å². The van der Waals surface area contributed by atoms with Gasteiger partial charge in [0.1, 0.15) is 11.3 Å². The van der Waals surface area contributed by atoms with Crippen molar-refractivity contribution in [3.8, 4) is 22.6 Å². The van der Waals surface area contributed by atoms with Gasteiger partial charge in [-0.2, -0.15) is 0 Å². The molecule has 0 saturated carbocycles. The molecule has 0 saturated heterocycles. The molecule has 2 aromatic carbocycles. The van der Waals surface area contributed by atoms with Crippen molar-refractivity contribution < 1.29 is 18.3 Å². The minimum atomic E-state index is -0.557. The van der Waals surface area contributed by atoms with Gasteiger partial charge in [-0.1, -0.05) is 12.1 Å². The predicted molar refractivity (Wildman–Crippen MR) is 106 cm³/mol. The zero-order valence-electron chi connectivity index (χ0n) is 15.5. The molecule has 0 fully saturated rings. The number of fused-ring (bicyclic) bond motifs is 2. The molecule has 0 spiro atoms. The van der Waals surface area contributed by atoms with Crippen LogP contribution in [0.25, 0.3) is 33.1 Å². The smallest absolute Gasteiger partial charge is 0.344 e. The molecule has 0 atom stereocenters. The second-order valence-electron chi connectivity index (χ2n) is 6.13. The highest BCUT2D eigenvalue weighted by atomic mass is 16.5. The number of benzene rings is 2. The van der Waals surface area contributed by atoms with Crippen molar-refractivity contribution >= 4 is 21.9 Å². The molecule has 0 bridgehead atoms. The Kier molecular flexibility index (Phi) is 4.61. The summed E-state index contributed by atoms with van der Waals surface area (Å²) in [5.41, 5.74) is 0.342. The maximum absolute atomic E-state index is 12.7. The first kappa shape index (κ1) is 17.9. The molecule has 0 amide bonds. The van der Waals surface area contributed by atoms with Crippen molar-refractivity contribution in [1.82, 2.24) is 0 Å². The van der Waals surface area contributed by atoms with E-state index in [2.05, 4.69) is 0 Å². The van der Waals surface area contributed by atoms with Gasteiger partial charge in [-0.3, -0.25) is 0 Å². The van der Waals surface area contributed by atoms with Crippen molar-refractivity contribution in [2.24, 2.45) is 0 Å². The van der Waals surface area contributed by atoms with Gasteiger partial charge in [-0.05, 0) is 38.1 Å². The Morgan fingerprint density at radius 1 is 0.857 bits per heavy atom. The van der Waals surface area contributed by atoms with E-state index in [-0.39, 0.29) is 5.56 Å². The summed E-state index contributed by atoms with van der Waals surface area (Å²) in [6, 6.07) is 13.6. The van der Waals surface area contributed by atoms with Crippen LogP contribution in [-0.2, 0) is 0 Å². The van der Waals surface area contributed by atoms with Gasteiger partial charge in [-0.25, -0.2) is 9.59 Å². The van der Waals surface area contributed by atoms with Crippen LogP contribution in [0.15, 0.2) is 67.0 Å². The summed E-state index contributed by atoms with van der Waals surface area (Å²) in [6.07, 6.45) is 0. The summed E-state index contributed by atoms with van der Waals surface area (Å²) in [5, 5.41) is 1.32. The molecular weight excluding hydrogens is 360 g/mol. The molecule has 4 aromatic rings. The molecule has 0 aliphatic heterocycles. The Morgan fingerprint density at radius 3 is 2.46 bits per heavy atom. The van der Waals surface area contributed by atoms with Crippen molar-refractivity contribution in [2.45, 2.75) is 13.8 Å². The lowest BCUT2D eigenvalue weighted by Crippen LogP contribution is -2.07. The van der Waals surface area contributed by atoms with Crippen LogP contribution in [0, 0.1) is 0 Å². The summed E-state index contributed by atoms with van der Waals surface area (Å²) in [5.74, 6) is 1.09. The molecule has 2 heterocycles. The molecule has 4 rings (SSSR count). The summed E-state index contributed by atoms with van der Waals surface area (Å²) >= 11 is 0. The third-order valence-corrected chi connectivity index (χ3v) is 4.34. The maximum atomic E-state index is 12.7. The van der Waals surface area contributed by atoms with Crippen LogP contribution >= 0.6 is 0 Å². The summed E-state index contributed by atoms with van der Waals surface area (Å²) < 4.78 is 21.8. The number of para-hydroxylation sites is 1. The van der Waals surface area contributed by atoms with Gasteiger partial charge in [0.05, 0.1) is 18.8 Å². The van der Waals surface area contributed by atoms with E-state index in [1.165, 1.54) is 6.07 Å². The van der Waals surface area contributed by atoms with Crippen molar-refractivity contribution in [3.63, 3.8) is 0 Å². The van der Waals surface area contributed by atoms with Crippen LogP contribution in [0.2, 0.25) is 0 Å². The second kappa shape index (κ2) is 7.23. The minimum absolute atomic E-state index is 0.281. The average molecular weight is 378 g/mol. The summed E-state index contributed by atoms with van der Waals surface area (Å²) in [4.78, 5) is 24.8. The predicted octanol–water partition coefficient (Wildman–Crippen LogP) is 4.36. The van der Waals surface area contributed by atoms with E-state index in [4.69, 9.17) is 18.3 Å². The highest BCUT2D eigenvalue weighted by molar-refractivity contribution is 5.96. The van der Waals surface area contributed by atoms with E-state index < -0.39 is 11.3 Å². The van der Waals surface area contributed by atoms with Gasteiger partial charge >= 0.3 is 11.3 Å². The van der Waals surface area contributed by atoms with Crippen LogP contribution in [0.1, 0.15) is 13.8 Å². The average Bonchev–Trinajstić information content (AvgIpc) is 2.68. The van der Waals surface area contributed by atoms with E-state index >= 15 is 0 Å². The molecular formula is C22H18O6. The number of ether oxygens (including phenoxy) is 2. The van der Waals surface area contributed by atoms with Gasteiger partial charge in [0.25, 0.3) is 0 Å². The molecule has 6 heteroatoms. The zero-order chi connectivity index (χ0) is 19.7. The molecule has 2 aromatic heterocycles. The van der Waals surface area contributed by atoms with Gasteiger partial charge in [0, 0.05) is 28.5 Å². The van der Waals surface area contributed by atoms with Gasteiger partial charge in [0.2, 0.25) is 0 Å². The number of rotatable bonds is 5. The zero-order valence-corrected chi connectivity index (χ0v) is 15.5.